The van der Waals surface area contributed by atoms with E-state index >= 15 is 0 Å². The maximum Gasteiger partial charge on any atom is 0.327 e. The minimum absolute atomic E-state index is 0.0628. The molecule has 3 aliphatic rings. The van der Waals surface area contributed by atoms with Gasteiger partial charge in [-0.15, -0.1) is 0 Å². The minimum atomic E-state index is -0.447. The number of benzene rings is 2. The summed E-state index contributed by atoms with van der Waals surface area (Å²) in [6.07, 6.45) is 5.44. The van der Waals surface area contributed by atoms with Crippen LogP contribution in [-0.2, 0) is 4.79 Å². The van der Waals surface area contributed by atoms with Crippen molar-refractivity contribution in [1.82, 2.24) is 20.5 Å². The molecular formula is C28H29N5O3S. The molecule has 3 aliphatic heterocycles. The number of aromatic nitrogens is 1. The lowest BCUT2D eigenvalue weighted by atomic mass is 10.00. The fourth-order valence-electron chi connectivity index (χ4n) is 5.19. The summed E-state index contributed by atoms with van der Waals surface area (Å²) in [6.45, 7) is 3.66. The average Bonchev–Trinajstić information content (AvgIpc) is 3.30. The van der Waals surface area contributed by atoms with Gasteiger partial charge >= 0.3 is 6.03 Å². The Morgan fingerprint density at radius 3 is 2.57 bits per heavy atom. The van der Waals surface area contributed by atoms with Crippen LogP contribution in [0.2, 0.25) is 0 Å². The highest BCUT2D eigenvalue weighted by Crippen LogP contribution is 2.50. The normalized spacial score (nSPS) is 20.8. The molecule has 2 unspecified atom stereocenters. The average molecular weight is 516 g/mol. The molecule has 0 radical (unpaired) electrons. The van der Waals surface area contributed by atoms with E-state index in [0.717, 1.165) is 41.7 Å². The Labute approximate surface area is 220 Å². The van der Waals surface area contributed by atoms with Gasteiger partial charge in [0.15, 0.2) is 0 Å². The highest BCUT2D eigenvalue weighted by molar-refractivity contribution is 8.01. The molecular weight excluding hydrogens is 486 g/mol. The second-order valence-electron chi connectivity index (χ2n) is 9.45. The molecule has 3 amide bonds. The number of nitrogens with zero attached hydrogens (tertiary/aromatic N) is 3. The number of para-hydroxylation sites is 1. The van der Waals surface area contributed by atoms with Crippen LogP contribution in [0.1, 0.15) is 30.9 Å². The number of pyridine rings is 1. The molecule has 37 heavy (non-hydrogen) atoms. The van der Waals surface area contributed by atoms with Crippen LogP contribution in [0.3, 0.4) is 0 Å². The molecule has 8 nitrogen and oxygen atoms in total. The largest absolute Gasteiger partial charge is 0.457 e. The lowest BCUT2D eigenvalue weighted by Gasteiger charge is -2.34. The number of nitrogens with one attached hydrogen (secondary N) is 2. The van der Waals surface area contributed by atoms with Crippen molar-refractivity contribution >= 4 is 35.1 Å². The molecule has 9 heteroatoms. The van der Waals surface area contributed by atoms with Crippen molar-refractivity contribution in [2.45, 2.75) is 35.6 Å². The summed E-state index contributed by atoms with van der Waals surface area (Å²) < 4.78 is 5.89. The van der Waals surface area contributed by atoms with Gasteiger partial charge in [-0.1, -0.05) is 36.4 Å². The van der Waals surface area contributed by atoms with Gasteiger partial charge in [-0.3, -0.25) is 9.69 Å². The number of urea groups is 1. The minimum Gasteiger partial charge on any atom is -0.457 e. The van der Waals surface area contributed by atoms with Gasteiger partial charge in [0, 0.05) is 24.8 Å². The molecule has 4 heterocycles. The maximum absolute atomic E-state index is 13.3. The van der Waals surface area contributed by atoms with Crippen molar-refractivity contribution in [3.8, 4) is 11.5 Å². The summed E-state index contributed by atoms with van der Waals surface area (Å²) in [5, 5.41) is 6.50. The Kier molecular flexibility index (Phi) is 6.72. The molecule has 0 bridgehead atoms. The number of ether oxygens (including phenoxy) is 1. The van der Waals surface area contributed by atoms with Gasteiger partial charge in [0.1, 0.15) is 21.8 Å². The fraction of sp³-hybridized carbons (Fsp3) is 0.321. The first-order valence-corrected chi connectivity index (χ1v) is 13.6. The van der Waals surface area contributed by atoms with Gasteiger partial charge in [0.2, 0.25) is 5.91 Å². The van der Waals surface area contributed by atoms with Crippen LogP contribution in [-0.4, -0.2) is 53.3 Å². The number of rotatable bonds is 7. The molecule has 1 fully saturated rings. The van der Waals surface area contributed by atoms with E-state index in [2.05, 4.69) is 20.5 Å². The molecule has 0 saturated carbocycles. The summed E-state index contributed by atoms with van der Waals surface area (Å²) in [6, 6.07) is 18.1. The summed E-state index contributed by atoms with van der Waals surface area (Å²) >= 11 is 1.42. The van der Waals surface area contributed by atoms with Gasteiger partial charge in [-0.2, -0.15) is 0 Å². The van der Waals surface area contributed by atoms with E-state index in [1.165, 1.54) is 31.0 Å². The van der Waals surface area contributed by atoms with Gasteiger partial charge in [0.05, 0.1) is 17.4 Å². The Morgan fingerprint density at radius 1 is 1.03 bits per heavy atom. The van der Waals surface area contributed by atoms with E-state index in [0.29, 0.717) is 18.0 Å². The fourth-order valence-corrected chi connectivity index (χ4v) is 6.44. The van der Waals surface area contributed by atoms with Crippen molar-refractivity contribution in [3.63, 3.8) is 0 Å². The Balaban J connectivity index is 1.17. The summed E-state index contributed by atoms with van der Waals surface area (Å²) in [7, 11) is 0. The number of thioether (sulfide) groups is 1. The molecule has 6 rings (SSSR count). The van der Waals surface area contributed by atoms with Crippen LogP contribution in [0.25, 0.3) is 0 Å². The molecule has 190 valence electrons. The van der Waals surface area contributed by atoms with Crippen LogP contribution < -0.4 is 20.3 Å². The van der Waals surface area contributed by atoms with Crippen LogP contribution in [0, 0.1) is 0 Å². The number of carbonyl (C=O) groups excluding carboxylic acids is 2. The zero-order chi connectivity index (χ0) is 25.2. The topological polar surface area (TPSA) is 86.8 Å². The van der Waals surface area contributed by atoms with E-state index in [9.17, 15) is 9.59 Å². The zero-order valence-corrected chi connectivity index (χ0v) is 21.2. The van der Waals surface area contributed by atoms with Crippen molar-refractivity contribution in [2.24, 2.45) is 0 Å². The van der Waals surface area contributed by atoms with E-state index in [1.807, 2.05) is 60.7 Å². The standard InChI is InChI=1S/C28H29N5O3S/c34-26(29-15-18-32-16-5-2-6-17-32)25-24-23-22(13-14-30-27(23)37-25)33(28(35)31-24)19-9-11-21(12-10-19)36-20-7-3-1-4-8-20/h1,3-4,7-14,24-25H,2,5-6,15-18H2,(H,29,34)(H,31,35). The monoisotopic (exact) mass is 515 g/mol. The highest BCUT2D eigenvalue weighted by atomic mass is 32.2. The van der Waals surface area contributed by atoms with E-state index in [4.69, 9.17) is 4.74 Å². The molecule has 0 spiro atoms. The Hall–Kier alpha value is -3.56. The predicted octanol–water partition coefficient (Wildman–Crippen LogP) is 4.85. The number of carbonyl (C=O) groups is 2. The second-order valence-corrected chi connectivity index (χ2v) is 10.6. The van der Waals surface area contributed by atoms with Crippen LogP contribution in [0.4, 0.5) is 16.2 Å². The number of anilines is 2. The van der Waals surface area contributed by atoms with E-state index in [1.54, 1.807) is 11.1 Å². The SMILES string of the molecule is O=C(NCCN1CCCCC1)C1Sc2nccc3c2C1NC(=O)N3c1ccc(Oc2ccccc2)cc1. The van der Waals surface area contributed by atoms with Gasteiger partial charge in [-0.05, 0) is 68.4 Å². The maximum atomic E-state index is 13.3. The summed E-state index contributed by atoms with van der Waals surface area (Å²) in [5.41, 5.74) is 2.36. The van der Waals surface area contributed by atoms with Crippen molar-refractivity contribution in [3.05, 3.63) is 72.4 Å². The van der Waals surface area contributed by atoms with E-state index < -0.39 is 11.3 Å². The smallest absolute Gasteiger partial charge is 0.327 e. The van der Waals surface area contributed by atoms with Crippen LogP contribution in [0.5, 0.6) is 11.5 Å². The third-order valence-electron chi connectivity index (χ3n) is 7.01. The summed E-state index contributed by atoms with van der Waals surface area (Å²) in [5.74, 6) is 1.37. The lowest BCUT2D eigenvalue weighted by molar-refractivity contribution is -0.121. The van der Waals surface area contributed by atoms with Crippen molar-refractivity contribution < 1.29 is 14.3 Å². The highest BCUT2D eigenvalue weighted by Gasteiger charge is 2.46. The van der Waals surface area contributed by atoms with Crippen LogP contribution in [0.15, 0.2) is 71.9 Å². The molecule has 2 aromatic carbocycles. The molecule has 1 saturated heterocycles. The lowest BCUT2D eigenvalue weighted by Crippen LogP contribution is -2.49. The predicted molar refractivity (Wildman–Crippen MR) is 144 cm³/mol. The van der Waals surface area contributed by atoms with E-state index in [-0.39, 0.29) is 11.9 Å². The first kappa shape index (κ1) is 23.8. The molecule has 2 atom stereocenters. The van der Waals surface area contributed by atoms with Crippen molar-refractivity contribution in [2.75, 3.05) is 31.1 Å². The summed E-state index contributed by atoms with van der Waals surface area (Å²) in [4.78, 5) is 35.0. The van der Waals surface area contributed by atoms with Gasteiger partial charge in [-0.25, -0.2) is 9.78 Å². The number of likely N-dealkylation sites (tertiary alicyclic amines) is 1. The van der Waals surface area contributed by atoms with Crippen molar-refractivity contribution in [1.29, 1.82) is 0 Å². The Morgan fingerprint density at radius 2 is 1.78 bits per heavy atom. The number of hydrogen-bond acceptors (Lipinski definition) is 6. The molecule has 3 aromatic rings. The third kappa shape index (κ3) is 4.89. The van der Waals surface area contributed by atoms with Crippen LogP contribution >= 0.6 is 11.8 Å². The molecule has 0 aliphatic carbocycles. The van der Waals surface area contributed by atoms with Gasteiger partial charge < -0.3 is 20.3 Å². The first-order valence-electron chi connectivity index (χ1n) is 12.8. The Bertz CT molecular complexity index is 1280. The second kappa shape index (κ2) is 10.4. The molecule has 1 aromatic heterocycles. The number of amides is 3. The number of hydrogen-bond donors (Lipinski definition) is 2. The first-order chi connectivity index (χ1) is 18.2. The zero-order valence-electron chi connectivity index (χ0n) is 20.4. The third-order valence-corrected chi connectivity index (χ3v) is 8.30. The quantitative estimate of drug-likeness (QED) is 0.468. The van der Waals surface area contributed by atoms with Gasteiger partial charge in [0.25, 0.3) is 0 Å². The molecule has 2 N–H and O–H groups in total. The number of piperidine rings is 1.